The van der Waals surface area contributed by atoms with E-state index in [1.807, 2.05) is 6.92 Å². The van der Waals surface area contributed by atoms with E-state index in [-0.39, 0.29) is 17.1 Å². The zero-order valence-corrected chi connectivity index (χ0v) is 12.1. The van der Waals surface area contributed by atoms with Gasteiger partial charge in [0, 0.05) is 24.9 Å². The minimum atomic E-state index is -3.81. The Morgan fingerprint density at radius 1 is 1.38 bits per heavy atom. The van der Waals surface area contributed by atoms with Crippen molar-refractivity contribution in [2.75, 3.05) is 0 Å². The van der Waals surface area contributed by atoms with E-state index in [1.165, 1.54) is 18.2 Å². The summed E-state index contributed by atoms with van der Waals surface area (Å²) in [6.07, 6.45) is 1.58. The summed E-state index contributed by atoms with van der Waals surface area (Å²) in [5, 5.41) is 14.7. The molecule has 0 aliphatic heterocycles. The van der Waals surface area contributed by atoms with Gasteiger partial charge in [-0.2, -0.15) is 5.10 Å². The van der Waals surface area contributed by atoms with Crippen molar-refractivity contribution in [3.05, 3.63) is 52.3 Å². The number of aromatic nitrogens is 2. The highest BCUT2D eigenvalue weighted by atomic mass is 32.2. The van der Waals surface area contributed by atoms with Gasteiger partial charge in [0.2, 0.25) is 10.0 Å². The van der Waals surface area contributed by atoms with E-state index in [2.05, 4.69) is 9.82 Å². The number of nitrogens with zero attached hydrogens (tertiary/aromatic N) is 3. The van der Waals surface area contributed by atoms with E-state index in [9.17, 15) is 18.5 Å². The number of aryl methyl sites for hydroxylation is 1. The highest BCUT2D eigenvalue weighted by molar-refractivity contribution is 7.89. The first-order valence-electron chi connectivity index (χ1n) is 6.19. The molecular formula is C12H14N4O4S. The van der Waals surface area contributed by atoms with Gasteiger partial charge in [0.15, 0.2) is 0 Å². The number of nitro benzene ring substituents is 1. The molecule has 0 aliphatic rings. The summed E-state index contributed by atoms with van der Waals surface area (Å²) in [5.74, 6) is 0. The summed E-state index contributed by atoms with van der Waals surface area (Å²) in [7, 11) is -3.81. The van der Waals surface area contributed by atoms with E-state index in [1.54, 1.807) is 16.9 Å². The first-order valence-corrected chi connectivity index (χ1v) is 7.67. The summed E-state index contributed by atoms with van der Waals surface area (Å²) in [4.78, 5) is 9.91. The van der Waals surface area contributed by atoms with Crippen molar-refractivity contribution in [3.8, 4) is 0 Å². The number of nitrogens with one attached hydrogen (secondary N) is 1. The van der Waals surface area contributed by atoms with Gasteiger partial charge < -0.3 is 0 Å². The van der Waals surface area contributed by atoms with E-state index < -0.39 is 14.9 Å². The van der Waals surface area contributed by atoms with Crippen LogP contribution < -0.4 is 4.72 Å². The number of non-ortho nitro benzene ring substituents is 1. The van der Waals surface area contributed by atoms with Crippen LogP contribution in [0.2, 0.25) is 0 Å². The molecule has 0 unspecified atom stereocenters. The lowest BCUT2D eigenvalue weighted by Crippen LogP contribution is -2.24. The monoisotopic (exact) mass is 310 g/mol. The molecule has 1 aromatic carbocycles. The Bertz CT molecular complexity index is 754. The molecule has 0 spiro atoms. The second kappa shape index (κ2) is 6.02. The third-order valence-corrected chi connectivity index (χ3v) is 4.29. The van der Waals surface area contributed by atoms with Crippen LogP contribution in [0.15, 0.2) is 41.4 Å². The average Bonchev–Trinajstić information content (AvgIpc) is 2.93. The maximum atomic E-state index is 12.1. The Hall–Kier alpha value is -2.26. The number of rotatable bonds is 6. The molecule has 0 amide bonds. The van der Waals surface area contributed by atoms with Gasteiger partial charge in [-0.05, 0) is 19.1 Å². The number of nitro groups is 1. The molecule has 1 N–H and O–H groups in total. The summed E-state index contributed by atoms with van der Waals surface area (Å²) in [6.45, 7) is 2.59. The summed E-state index contributed by atoms with van der Waals surface area (Å²) < 4.78 is 28.3. The Labute approximate surface area is 121 Å². The molecule has 0 fully saturated rings. The van der Waals surface area contributed by atoms with Crippen LogP contribution in [-0.2, 0) is 23.1 Å². The molecule has 21 heavy (non-hydrogen) atoms. The van der Waals surface area contributed by atoms with Gasteiger partial charge in [0.25, 0.3) is 5.69 Å². The third-order valence-electron chi connectivity index (χ3n) is 2.89. The second-order valence-corrected chi connectivity index (χ2v) is 5.98. The standard InChI is InChI=1S/C12H14N4O4S/c1-2-15-11(6-7-13-15)9-14-21(19,20)12-5-3-4-10(8-12)16(17)18/h3-8,14H,2,9H2,1H3. The van der Waals surface area contributed by atoms with Crippen molar-refractivity contribution < 1.29 is 13.3 Å². The molecule has 0 atom stereocenters. The molecule has 2 rings (SSSR count). The molecular weight excluding hydrogens is 296 g/mol. The molecule has 0 radical (unpaired) electrons. The molecule has 1 heterocycles. The van der Waals surface area contributed by atoms with Gasteiger partial charge in [-0.1, -0.05) is 6.07 Å². The topological polar surface area (TPSA) is 107 Å². The summed E-state index contributed by atoms with van der Waals surface area (Å²) in [5.41, 5.74) is 0.447. The molecule has 8 nitrogen and oxygen atoms in total. The third kappa shape index (κ3) is 3.44. The van der Waals surface area contributed by atoms with Crippen LogP contribution in [0.25, 0.3) is 0 Å². The van der Waals surface area contributed by atoms with Crippen LogP contribution >= 0.6 is 0 Å². The zero-order chi connectivity index (χ0) is 15.5. The maximum Gasteiger partial charge on any atom is 0.270 e. The molecule has 0 saturated carbocycles. The molecule has 9 heteroatoms. The highest BCUT2D eigenvalue weighted by Crippen LogP contribution is 2.17. The predicted molar refractivity (Wildman–Crippen MR) is 75.0 cm³/mol. The van der Waals surface area contributed by atoms with Crippen LogP contribution in [0.4, 0.5) is 5.69 Å². The Kier molecular flexibility index (Phi) is 4.34. The minimum absolute atomic E-state index is 0.0683. The first-order chi connectivity index (χ1) is 9.94. The van der Waals surface area contributed by atoms with Crippen LogP contribution in [0.3, 0.4) is 0 Å². The van der Waals surface area contributed by atoms with Gasteiger partial charge in [0.05, 0.1) is 22.1 Å². The van der Waals surface area contributed by atoms with Crippen molar-refractivity contribution in [2.24, 2.45) is 0 Å². The van der Waals surface area contributed by atoms with Crippen LogP contribution in [-0.4, -0.2) is 23.1 Å². The lowest BCUT2D eigenvalue weighted by Gasteiger charge is -2.08. The van der Waals surface area contributed by atoms with Crippen molar-refractivity contribution in [1.29, 1.82) is 0 Å². The SMILES string of the molecule is CCn1nccc1CNS(=O)(=O)c1cccc([N+](=O)[O-])c1. The molecule has 112 valence electrons. The average molecular weight is 310 g/mol. The molecule has 1 aromatic heterocycles. The van der Waals surface area contributed by atoms with E-state index in [0.29, 0.717) is 12.2 Å². The fraction of sp³-hybridized carbons (Fsp3) is 0.250. The largest absolute Gasteiger partial charge is 0.270 e. The van der Waals surface area contributed by atoms with Crippen LogP contribution in [0.5, 0.6) is 0 Å². The fourth-order valence-corrected chi connectivity index (χ4v) is 2.85. The Balaban J connectivity index is 2.19. The van der Waals surface area contributed by atoms with E-state index >= 15 is 0 Å². The van der Waals surface area contributed by atoms with Crippen LogP contribution in [0.1, 0.15) is 12.6 Å². The van der Waals surface area contributed by atoms with Gasteiger partial charge in [-0.3, -0.25) is 14.8 Å². The Morgan fingerprint density at radius 3 is 2.81 bits per heavy atom. The Morgan fingerprint density at radius 2 is 2.14 bits per heavy atom. The quantitative estimate of drug-likeness (QED) is 0.639. The first kappa shape index (κ1) is 15.1. The maximum absolute atomic E-state index is 12.1. The number of sulfonamides is 1. The smallest absolute Gasteiger partial charge is 0.269 e. The number of benzene rings is 1. The summed E-state index contributed by atoms with van der Waals surface area (Å²) >= 11 is 0. The van der Waals surface area contributed by atoms with Crippen molar-refractivity contribution >= 4 is 15.7 Å². The molecule has 0 aliphatic carbocycles. The zero-order valence-electron chi connectivity index (χ0n) is 11.3. The van der Waals surface area contributed by atoms with Crippen molar-refractivity contribution in [1.82, 2.24) is 14.5 Å². The van der Waals surface area contributed by atoms with Crippen LogP contribution in [0, 0.1) is 10.1 Å². The van der Waals surface area contributed by atoms with Gasteiger partial charge >= 0.3 is 0 Å². The van der Waals surface area contributed by atoms with Gasteiger partial charge in [0.1, 0.15) is 0 Å². The van der Waals surface area contributed by atoms with E-state index in [0.717, 1.165) is 6.07 Å². The highest BCUT2D eigenvalue weighted by Gasteiger charge is 2.17. The fourth-order valence-electron chi connectivity index (χ4n) is 1.81. The van der Waals surface area contributed by atoms with Gasteiger partial charge in [-0.25, -0.2) is 13.1 Å². The minimum Gasteiger partial charge on any atom is -0.269 e. The van der Waals surface area contributed by atoms with Gasteiger partial charge in [-0.15, -0.1) is 0 Å². The molecule has 0 saturated heterocycles. The number of hydrogen-bond acceptors (Lipinski definition) is 5. The molecule has 0 bridgehead atoms. The molecule has 2 aromatic rings. The lowest BCUT2D eigenvalue weighted by atomic mass is 10.3. The summed E-state index contributed by atoms with van der Waals surface area (Å²) in [6, 6.07) is 6.62. The van der Waals surface area contributed by atoms with E-state index in [4.69, 9.17) is 0 Å². The van der Waals surface area contributed by atoms with Crippen molar-refractivity contribution in [3.63, 3.8) is 0 Å². The lowest BCUT2D eigenvalue weighted by molar-refractivity contribution is -0.385. The normalized spacial score (nSPS) is 11.5. The predicted octanol–water partition coefficient (Wildman–Crippen LogP) is 1.29. The number of hydrogen-bond donors (Lipinski definition) is 1. The second-order valence-electron chi connectivity index (χ2n) is 4.22. The van der Waals surface area contributed by atoms with Crippen molar-refractivity contribution in [2.45, 2.75) is 24.9 Å².